The van der Waals surface area contributed by atoms with Crippen molar-refractivity contribution in [2.45, 2.75) is 90.6 Å². The molecule has 0 heterocycles. The van der Waals surface area contributed by atoms with Crippen molar-refractivity contribution in [1.82, 2.24) is 10.6 Å². The SMILES string of the molecule is C#CCCCCOc1cc(C(=O)NCCCCCCO)cc(C(=O)NCCCCCCOC(C)C)c1. The highest BCUT2D eigenvalue weighted by molar-refractivity contribution is 6.00. The minimum atomic E-state index is -0.229. The van der Waals surface area contributed by atoms with Crippen LogP contribution in [0.25, 0.3) is 0 Å². The fourth-order valence-electron chi connectivity index (χ4n) is 3.56. The summed E-state index contributed by atoms with van der Waals surface area (Å²) in [6.07, 6.45) is 15.4. The molecule has 0 aliphatic rings. The Labute approximate surface area is 217 Å². The second-order valence-electron chi connectivity index (χ2n) is 9.24. The van der Waals surface area contributed by atoms with Crippen LogP contribution in [-0.4, -0.2) is 55.9 Å². The fourth-order valence-corrected chi connectivity index (χ4v) is 3.56. The number of terminal acetylenes is 1. The zero-order valence-electron chi connectivity index (χ0n) is 22.3. The lowest BCUT2D eigenvalue weighted by Gasteiger charge is -2.12. The van der Waals surface area contributed by atoms with Gasteiger partial charge in [0, 0.05) is 43.9 Å². The van der Waals surface area contributed by atoms with E-state index in [1.54, 1.807) is 18.2 Å². The molecule has 0 aliphatic carbocycles. The maximum atomic E-state index is 12.8. The highest BCUT2D eigenvalue weighted by Gasteiger charge is 2.14. The molecule has 0 saturated heterocycles. The third-order valence-corrected chi connectivity index (χ3v) is 5.59. The monoisotopic (exact) mass is 502 g/mol. The molecule has 0 fully saturated rings. The quantitative estimate of drug-likeness (QED) is 0.165. The van der Waals surface area contributed by atoms with Gasteiger partial charge in [0.15, 0.2) is 0 Å². The summed E-state index contributed by atoms with van der Waals surface area (Å²) in [6.45, 7) is 6.63. The summed E-state index contributed by atoms with van der Waals surface area (Å²) in [5, 5.41) is 14.7. The number of unbranched alkanes of at least 4 members (excludes halogenated alkanes) is 8. The van der Waals surface area contributed by atoms with Gasteiger partial charge in [-0.25, -0.2) is 0 Å². The van der Waals surface area contributed by atoms with Crippen molar-refractivity contribution in [3.05, 3.63) is 29.3 Å². The molecule has 1 aromatic carbocycles. The molecule has 1 rings (SSSR count). The van der Waals surface area contributed by atoms with E-state index in [-0.39, 0.29) is 24.5 Å². The molecule has 202 valence electrons. The summed E-state index contributed by atoms with van der Waals surface area (Å²) in [5.74, 6) is 2.67. The average Bonchev–Trinajstić information content (AvgIpc) is 2.87. The van der Waals surface area contributed by atoms with Gasteiger partial charge in [0.2, 0.25) is 0 Å². The number of nitrogens with one attached hydrogen (secondary N) is 2. The van der Waals surface area contributed by atoms with Crippen LogP contribution < -0.4 is 15.4 Å². The zero-order valence-corrected chi connectivity index (χ0v) is 22.3. The first-order valence-corrected chi connectivity index (χ1v) is 13.5. The number of carbonyl (C=O) groups is 2. The van der Waals surface area contributed by atoms with Gasteiger partial charge in [0.05, 0.1) is 12.7 Å². The van der Waals surface area contributed by atoms with E-state index < -0.39 is 0 Å². The normalized spacial score (nSPS) is 10.8. The third-order valence-electron chi connectivity index (χ3n) is 5.59. The van der Waals surface area contributed by atoms with Crippen molar-refractivity contribution in [2.24, 2.45) is 0 Å². The maximum absolute atomic E-state index is 12.8. The molecule has 0 bridgehead atoms. The Kier molecular flexibility index (Phi) is 18.0. The predicted molar refractivity (Wildman–Crippen MR) is 144 cm³/mol. The molecule has 0 spiro atoms. The standard InChI is InChI=1S/C29H46N2O5/c1-4-5-6-14-20-36-27-22-25(28(33)30-16-11-7-9-13-18-32)21-26(23-27)29(34)31-17-12-8-10-15-19-35-24(2)3/h1,21-24,32H,5-20H2,2-3H3,(H,30,33)(H,31,34). The van der Waals surface area contributed by atoms with Crippen LogP contribution >= 0.6 is 0 Å². The molecule has 7 nitrogen and oxygen atoms in total. The number of hydrogen-bond donors (Lipinski definition) is 3. The van der Waals surface area contributed by atoms with Crippen molar-refractivity contribution in [3.63, 3.8) is 0 Å². The Morgan fingerprint density at radius 1 is 0.833 bits per heavy atom. The first-order chi connectivity index (χ1) is 17.5. The highest BCUT2D eigenvalue weighted by Crippen LogP contribution is 2.19. The third kappa shape index (κ3) is 15.4. The summed E-state index contributed by atoms with van der Waals surface area (Å²) in [5.41, 5.74) is 0.816. The van der Waals surface area contributed by atoms with Gasteiger partial charge in [0.1, 0.15) is 5.75 Å². The van der Waals surface area contributed by atoms with Crippen LogP contribution in [0.15, 0.2) is 18.2 Å². The average molecular weight is 503 g/mol. The predicted octanol–water partition coefficient (Wildman–Crippen LogP) is 4.87. The Morgan fingerprint density at radius 2 is 1.39 bits per heavy atom. The first kappa shape index (κ1) is 31.5. The Bertz CT molecular complexity index is 788. The van der Waals surface area contributed by atoms with Gasteiger partial charge < -0.3 is 25.2 Å². The van der Waals surface area contributed by atoms with Crippen LogP contribution in [-0.2, 0) is 4.74 Å². The molecule has 0 aliphatic heterocycles. The van der Waals surface area contributed by atoms with Gasteiger partial charge in [-0.1, -0.05) is 25.7 Å². The fraction of sp³-hybridized carbons (Fsp3) is 0.655. The summed E-state index contributed by atoms with van der Waals surface area (Å²) >= 11 is 0. The van der Waals surface area contributed by atoms with E-state index in [1.807, 2.05) is 13.8 Å². The number of aliphatic hydroxyl groups is 1. The van der Waals surface area contributed by atoms with Crippen LogP contribution in [0.1, 0.15) is 105 Å². The topological polar surface area (TPSA) is 96.9 Å². The van der Waals surface area contributed by atoms with E-state index in [0.29, 0.717) is 43.0 Å². The highest BCUT2D eigenvalue weighted by atomic mass is 16.5. The molecule has 2 amide bonds. The first-order valence-electron chi connectivity index (χ1n) is 13.5. The summed E-state index contributed by atoms with van der Waals surface area (Å²) in [6, 6.07) is 4.98. The molecule has 0 atom stereocenters. The zero-order chi connectivity index (χ0) is 26.4. The molecule has 0 radical (unpaired) electrons. The minimum absolute atomic E-state index is 0.194. The lowest BCUT2D eigenvalue weighted by atomic mass is 10.1. The number of benzene rings is 1. The molecule has 1 aromatic rings. The number of carbonyl (C=O) groups excluding carboxylic acids is 2. The van der Waals surface area contributed by atoms with Crippen LogP contribution in [0, 0.1) is 12.3 Å². The van der Waals surface area contributed by atoms with Crippen LogP contribution in [0.3, 0.4) is 0 Å². The van der Waals surface area contributed by atoms with Crippen molar-refractivity contribution >= 4 is 11.8 Å². The Hall–Kier alpha value is -2.56. The Morgan fingerprint density at radius 3 is 1.94 bits per heavy atom. The number of amides is 2. The van der Waals surface area contributed by atoms with Gasteiger partial charge in [-0.3, -0.25) is 9.59 Å². The van der Waals surface area contributed by atoms with Crippen molar-refractivity contribution in [3.8, 4) is 18.1 Å². The summed E-state index contributed by atoms with van der Waals surface area (Å²) < 4.78 is 11.4. The lowest BCUT2D eigenvalue weighted by Crippen LogP contribution is -2.27. The van der Waals surface area contributed by atoms with Gasteiger partial charge >= 0.3 is 0 Å². The molecule has 0 unspecified atom stereocenters. The number of ether oxygens (including phenoxy) is 2. The van der Waals surface area contributed by atoms with E-state index in [9.17, 15) is 9.59 Å². The lowest BCUT2D eigenvalue weighted by molar-refractivity contribution is 0.0756. The number of aliphatic hydroxyl groups excluding tert-OH is 1. The van der Waals surface area contributed by atoms with Gasteiger partial charge in [-0.05, 0) is 70.6 Å². The van der Waals surface area contributed by atoms with E-state index in [0.717, 1.165) is 70.8 Å². The van der Waals surface area contributed by atoms with E-state index >= 15 is 0 Å². The van der Waals surface area contributed by atoms with Crippen molar-refractivity contribution in [2.75, 3.05) is 32.9 Å². The second-order valence-corrected chi connectivity index (χ2v) is 9.24. The Balaban J connectivity index is 2.62. The smallest absolute Gasteiger partial charge is 0.251 e. The molecule has 0 aromatic heterocycles. The molecule has 3 N–H and O–H groups in total. The minimum Gasteiger partial charge on any atom is -0.494 e. The molecule has 7 heteroatoms. The second kappa shape index (κ2) is 20.6. The molecular formula is C29H46N2O5. The summed E-state index contributed by atoms with van der Waals surface area (Å²) in [7, 11) is 0. The van der Waals surface area contributed by atoms with E-state index in [1.165, 1.54) is 0 Å². The van der Waals surface area contributed by atoms with Gasteiger partial charge in [-0.15, -0.1) is 12.3 Å². The molecule has 0 saturated carbocycles. The molecule has 36 heavy (non-hydrogen) atoms. The summed E-state index contributed by atoms with van der Waals surface area (Å²) in [4.78, 5) is 25.5. The van der Waals surface area contributed by atoms with Crippen LogP contribution in [0.4, 0.5) is 0 Å². The number of rotatable bonds is 21. The van der Waals surface area contributed by atoms with Crippen LogP contribution in [0.5, 0.6) is 5.75 Å². The molecular weight excluding hydrogens is 456 g/mol. The van der Waals surface area contributed by atoms with Crippen molar-refractivity contribution in [1.29, 1.82) is 0 Å². The maximum Gasteiger partial charge on any atom is 0.251 e. The van der Waals surface area contributed by atoms with Crippen molar-refractivity contribution < 1.29 is 24.2 Å². The van der Waals surface area contributed by atoms with E-state index in [2.05, 4.69) is 16.6 Å². The van der Waals surface area contributed by atoms with Gasteiger partial charge in [0.25, 0.3) is 11.8 Å². The largest absolute Gasteiger partial charge is 0.494 e. The van der Waals surface area contributed by atoms with Gasteiger partial charge in [-0.2, -0.15) is 0 Å². The van der Waals surface area contributed by atoms with Crippen LogP contribution in [0.2, 0.25) is 0 Å². The van der Waals surface area contributed by atoms with E-state index in [4.69, 9.17) is 21.0 Å². The number of hydrogen-bond acceptors (Lipinski definition) is 5.